The third-order valence-corrected chi connectivity index (χ3v) is 5.25. The van der Waals surface area contributed by atoms with Crippen molar-refractivity contribution >= 4 is 0 Å². The van der Waals surface area contributed by atoms with E-state index in [2.05, 4.69) is 52.0 Å². The van der Waals surface area contributed by atoms with Crippen molar-refractivity contribution in [2.24, 2.45) is 0 Å². The van der Waals surface area contributed by atoms with Crippen LogP contribution in [0.2, 0.25) is 0 Å². The van der Waals surface area contributed by atoms with Gasteiger partial charge in [-0.2, -0.15) is 0 Å². The lowest BCUT2D eigenvalue weighted by Crippen LogP contribution is -2.11. The molecule has 0 spiro atoms. The van der Waals surface area contributed by atoms with E-state index >= 15 is 0 Å². The molecule has 1 aromatic carbocycles. The van der Waals surface area contributed by atoms with Crippen molar-refractivity contribution in [2.75, 3.05) is 7.11 Å². The Hall–Kier alpha value is -0.820. The standard InChI is InChI=1S/C24H42O/c1-6-7-8-9-10-11-12-13-14-15-16-23(25-5)21-17-19-22(20-18-21)24(2,3)4/h17-20,23H,6-16H2,1-5H3/t23-/m0/s1. The summed E-state index contributed by atoms with van der Waals surface area (Å²) in [6.45, 7) is 9.07. The number of ether oxygens (including phenoxy) is 1. The topological polar surface area (TPSA) is 9.23 Å². The Morgan fingerprint density at radius 3 is 1.68 bits per heavy atom. The van der Waals surface area contributed by atoms with Gasteiger partial charge in [0.25, 0.3) is 0 Å². The molecule has 0 radical (unpaired) electrons. The van der Waals surface area contributed by atoms with Gasteiger partial charge in [-0.3, -0.25) is 0 Å². The van der Waals surface area contributed by atoms with E-state index in [0.29, 0.717) is 0 Å². The fourth-order valence-corrected chi connectivity index (χ4v) is 3.44. The van der Waals surface area contributed by atoms with Crippen LogP contribution in [0.25, 0.3) is 0 Å². The first-order valence-electron chi connectivity index (χ1n) is 10.6. The molecule has 1 nitrogen and oxygen atoms in total. The summed E-state index contributed by atoms with van der Waals surface area (Å²) < 4.78 is 5.74. The molecule has 25 heavy (non-hydrogen) atoms. The molecule has 1 heteroatoms. The molecule has 0 unspecified atom stereocenters. The van der Waals surface area contributed by atoms with Gasteiger partial charge >= 0.3 is 0 Å². The van der Waals surface area contributed by atoms with E-state index in [1.807, 2.05) is 7.11 Å². The minimum Gasteiger partial charge on any atom is -0.377 e. The molecule has 0 aromatic heterocycles. The number of benzene rings is 1. The first kappa shape index (κ1) is 22.2. The fourth-order valence-electron chi connectivity index (χ4n) is 3.44. The molecular weight excluding hydrogens is 304 g/mol. The third-order valence-electron chi connectivity index (χ3n) is 5.25. The zero-order valence-electron chi connectivity index (χ0n) is 17.6. The number of hydrogen-bond donors (Lipinski definition) is 0. The molecule has 0 aliphatic heterocycles. The van der Waals surface area contributed by atoms with Crippen molar-refractivity contribution < 1.29 is 4.74 Å². The second-order valence-electron chi connectivity index (χ2n) is 8.57. The van der Waals surface area contributed by atoms with Gasteiger partial charge in [-0.15, -0.1) is 0 Å². The molecule has 1 atom stereocenters. The second kappa shape index (κ2) is 12.5. The summed E-state index contributed by atoms with van der Waals surface area (Å²) in [6, 6.07) is 9.04. The average molecular weight is 347 g/mol. The van der Waals surface area contributed by atoms with Crippen LogP contribution in [0.1, 0.15) is 116 Å². The number of unbranched alkanes of at least 4 members (excludes halogenated alkanes) is 9. The Morgan fingerprint density at radius 1 is 0.760 bits per heavy atom. The van der Waals surface area contributed by atoms with Crippen LogP contribution in [0.15, 0.2) is 24.3 Å². The van der Waals surface area contributed by atoms with Crippen LogP contribution >= 0.6 is 0 Å². The van der Waals surface area contributed by atoms with E-state index < -0.39 is 0 Å². The third kappa shape index (κ3) is 9.45. The van der Waals surface area contributed by atoms with Crippen molar-refractivity contribution in [3.63, 3.8) is 0 Å². The maximum absolute atomic E-state index is 5.74. The molecule has 0 saturated carbocycles. The van der Waals surface area contributed by atoms with E-state index in [-0.39, 0.29) is 11.5 Å². The molecule has 0 bridgehead atoms. The number of hydrogen-bond acceptors (Lipinski definition) is 1. The summed E-state index contributed by atoms with van der Waals surface area (Å²) in [7, 11) is 1.85. The lowest BCUT2D eigenvalue weighted by atomic mass is 9.86. The summed E-state index contributed by atoms with van der Waals surface area (Å²) in [5.41, 5.74) is 2.94. The van der Waals surface area contributed by atoms with Gasteiger partial charge in [-0.25, -0.2) is 0 Å². The Balaban J connectivity index is 2.20. The lowest BCUT2D eigenvalue weighted by Gasteiger charge is -2.21. The summed E-state index contributed by atoms with van der Waals surface area (Å²) in [5, 5.41) is 0. The normalized spacial score (nSPS) is 13.2. The minimum absolute atomic E-state index is 0.220. The van der Waals surface area contributed by atoms with Gasteiger partial charge < -0.3 is 4.74 Å². The van der Waals surface area contributed by atoms with E-state index in [0.717, 1.165) is 6.42 Å². The maximum Gasteiger partial charge on any atom is 0.0821 e. The Bertz CT molecular complexity index is 426. The summed E-state index contributed by atoms with van der Waals surface area (Å²) in [5.74, 6) is 0. The van der Waals surface area contributed by atoms with Gasteiger partial charge in [-0.1, -0.05) is 116 Å². The van der Waals surface area contributed by atoms with Crippen LogP contribution in [-0.2, 0) is 10.2 Å². The second-order valence-corrected chi connectivity index (χ2v) is 8.57. The van der Waals surface area contributed by atoms with Gasteiger partial charge in [0.2, 0.25) is 0 Å². The van der Waals surface area contributed by atoms with Gasteiger partial charge in [0.15, 0.2) is 0 Å². The van der Waals surface area contributed by atoms with Crippen LogP contribution in [-0.4, -0.2) is 7.11 Å². The average Bonchev–Trinajstić information content (AvgIpc) is 2.59. The van der Waals surface area contributed by atoms with Crippen LogP contribution in [0, 0.1) is 0 Å². The smallest absolute Gasteiger partial charge is 0.0821 e. The molecular formula is C24H42O. The predicted octanol–water partition coefficient (Wildman–Crippen LogP) is 7.98. The molecule has 1 rings (SSSR count). The van der Waals surface area contributed by atoms with Crippen molar-refractivity contribution in [3.05, 3.63) is 35.4 Å². The van der Waals surface area contributed by atoms with E-state index in [4.69, 9.17) is 4.74 Å². The van der Waals surface area contributed by atoms with Crippen molar-refractivity contribution in [2.45, 2.75) is 110 Å². The Kier molecular flexibility index (Phi) is 11.1. The molecule has 0 aliphatic rings. The maximum atomic E-state index is 5.74. The highest BCUT2D eigenvalue weighted by molar-refractivity contribution is 5.28. The van der Waals surface area contributed by atoms with Gasteiger partial charge in [0, 0.05) is 7.11 Å². The highest BCUT2D eigenvalue weighted by Crippen LogP contribution is 2.27. The van der Waals surface area contributed by atoms with E-state index in [9.17, 15) is 0 Å². The highest BCUT2D eigenvalue weighted by Gasteiger charge is 2.15. The first-order chi connectivity index (χ1) is 12.0. The first-order valence-corrected chi connectivity index (χ1v) is 10.6. The lowest BCUT2D eigenvalue weighted by molar-refractivity contribution is 0.0930. The molecule has 0 N–H and O–H groups in total. The van der Waals surface area contributed by atoms with Crippen molar-refractivity contribution in [1.29, 1.82) is 0 Å². The molecule has 0 saturated heterocycles. The monoisotopic (exact) mass is 346 g/mol. The molecule has 0 aliphatic carbocycles. The largest absolute Gasteiger partial charge is 0.377 e. The summed E-state index contributed by atoms with van der Waals surface area (Å²) in [4.78, 5) is 0. The number of methoxy groups -OCH3 is 1. The van der Waals surface area contributed by atoms with Gasteiger partial charge in [0.1, 0.15) is 0 Å². The minimum atomic E-state index is 0.220. The van der Waals surface area contributed by atoms with Crippen LogP contribution in [0.5, 0.6) is 0 Å². The zero-order chi connectivity index (χ0) is 18.5. The summed E-state index contributed by atoms with van der Waals surface area (Å²) >= 11 is 0. The van der Waals surface area contributed by atoms with Crippen LogP contribution < -0.4 is 0 Å². The van der Waals surface area contributed by atoms with Crippen molar-refractivity contribution in [3.8, 4) is 0 Å². The molecule has 0 amide bonds. The van der Waals surface area contributed by atoms with Crippen LogP contribution in [0.3, 0.4) is 0 Å². The molecule has 0 heterocycles. The van der Waals surface area contributed by atoms with Gasteiger partial charge in [-0.05, 0) is 23.0 Å². The van der Waals surface area contributed by atoms with E-state index in [1.165, 1.54) is 75.3 Å². The molecule has 144 valence electrons. The van der Waals surface area contributed by atoms with E-state index in [1.54, 1.807) is 0 Å². The Labute approximate surface area is 157 Å². The summed E-state index contributed by atoms with van der Waals surface area (Å²) in [6.07, 6.45) is 15.3. The fraction of sp³-hybridized carbons (Fsp3) is 0.750. The quantitative estimate of drug-likeness (QED) is 0.329. The van der Waals surface area contributed by atoms with Gasteiger partial charge in [0.05, 0.1) is 6.10 Å². The zero-order valence-corrected chi connectivity index (χ0v) is 17.6. The van der Waals surface area contributed by atoms with Crippen LogP contribution in [0.4, 0.5) is 0 Å². The molecule has 1 aromatic rings. The molecule has 0 fully saturated rings. The SMILES string of the molecule is CCCCCCCCCCCC[C@H](OC)c1ccc(C(C)(C)C)cc1. The van der Waals surface area contributed by atoms with Crippen molar-refractivity contribution in [1.82, 2.24) is 0 Å². The number of rotatable bonds is 13. The highest BCUT2D eigenvalue weighted by atomic mass is 16.5. The Morgan fingerprint density at radius 2 is 1.24 bits per heavy atom. The predicted molar refractivity (Wildman–Crippen MR) is 111 cm³/mol.